The van der Waals surface area contributed by atoms with Gasteiger partial charge in [-0.2, -0.15) is 0 Å². The van der Waals surface area contributed by atoms with Crippen molar-refractivity contribution in [2.45, 2.75) is 13.3 Å². The van der Waals surface area contributed by atoms with Gasteiger partial charge in [-0.1, -0.05) is 0 Å². The molecule has 4 nitrogen and oxygen atoms in total. The third kappa shape index (κ3) is 3.77. The molecule has 108 valence electrons. The van der Waals surface area contributed by atoms with E-state index in [4.69, 9.17) is 10.5 Å². The summed E-state index contributed by atoms with van der Waals surface area (Å²) in [6, 6.07) is 7.39. The molecule has 0 bridgehead atoms. The van der Waals surface area contributed by atoms with Crippen LogP contribution in [0.2, 0.25) is 0 Å². The summed E-state index contributed by atoms with van der Waals surface area (Å²) in [6.07, 6.45) is -2.43. The number of rotatable bonds is 6. The Labute approximate surface area is 115 Å². The van der Waals surface area contributed by atoms with Gasteiger partial charge in [-0.05, 0) is 31.2 Å². The number of hydrogen-bond acceptors (Lipinski definition) is 4. The van der Waals surface area contributed by atoms with E-state index in [2.05, 4.69) is 10.3 Å². The number of pyridine rings is 1. The molecule has 0 amide bonds. The number of aryl methyl sites for hydroxylation is 1. The Morgan fingerprint density at radius 3 is 2.90 bits per heavy atom. The molecule has 1 aromatic carbocycles. The van der Waals surface area contributed by atoms with E-state index in [0.29, 0.717) is 12.2 Å². The van der Waals surface area contributed by atoms with E-state index < -0.39 is 13.0 Å². The Kier molecular flexibility index (Phi) is 4.68. The molecule has 0 saturated carbocycles. The predicted octanol–water partition coefficient (Wildman–Crippen LogP) is 2.82. The van der Waals surface area contributed by atoms with Gasteiger partial charge in [0.2, 0.25) is 0 Å². The summed E-state index contributed by atoms with van der Waals surface area (Å²) >= 11 is 0. The van der Waals surface area contributed by atoms with Crippen LogP contribution in [0.15, 0.2) is 24.3 Å². The van der Waals surface area contributed by atoms with Crippen molar-refractivity contribution >= 4 is 22.3 Å². The second-order valence-electron chi connectivity index (χ2n) is 4.48. The number of nitrogen functional groups attached to an aromatic ring is 1. The summed E-state index contributed by atoms with van der Waals surface area (Å²) in [5, 5.41) is 4.07. The van der Waals surface area contributed by atoms with Crippen molar-refractivity contribution in [1.82, 2.24) is 4.98 Å². The van der Waals surface area contributed by atoms with E-state index in [9.17, 15) is 8.78 Å². The normalized spacial score (nSPS) is 11.2. The molecule has 3 N–H and O–H groups in total. The topological polar surface area (TPSA) is 60.2 Å². The molecule has 0 aliphatic rings. The summed E-state index contributed by atoms with van der Waals surface area (Å²) in [6.45, 7) is 2.02. The average Bonchev–Trinajstić information content (AvgIpc) is 2.38. The predicted molar refractivity (Wildman–Crippen MR) is 76.2 cm³/mol. The van der Waals surface area contributed by atoms with Crippen LogP contribution in [0.3, 0.4) is 0 Å². The Hall–Kier alpha value is -1.95. The van der Waals surface area contributed by atoms with Crippen LogP contribution in [0.1, 0.15) is 5.69 Å². The maximum Gasteiger partial charge on any atom is 0.261 e. The number of nitrogens with one attached hydrogen (secondary N) is 1. The molecule has 2 rings (SSSR count). The van der Waals surface area contributed by atoms with Gasteiger partial charge in [0.25, 0.3) is 6.43 Å². The fraction of sp³-hybridized carbons (Fsp3) is 0.357. The molecule has 0 radical (unpaired) electrons. The minimum Gasteiger partial charge on any atom is -0.399 e. The van der Waals surface area contributed by atoms with Crippen LogP contribution in [0.25, 0.3) is 10.9 Å². The second kappa shape index (κ2) is 6.47. The van der Waals surface area contributed by atoms with Gasteiger partial charge in [-0.25, -0.2) is 8.78 Å². The fourth-order valence-electron chi connectivity index (χ4n) is 1.95. The largest absolute Gasteiger partial charge is 0.399 e. The zero-order chi connectivity index (χ0) is 14.5. The fourth-order valence-corrected chi connectivity index (χ4v) is 1.95. The number of alkyl halides is 2. The van der Waals surface area contributed by atoms with Crippen molar-refractivity contribution in [2.24, 2.45) is 0 Å². The van der Waals surface area contributed by atoms with Gasteiger partial charge in [-0.15, -0.1) is 0 Å². The maximum atomic E-state index is 11.9. The number of benzene rings is 1. The van der Waals surface area contributed by atoms with Crippen LogP contribution < -0.4 is 11.1 Å². The minimum absolute atomic E-state index is 0.218. The van der Waals surface area contributed by atoms with E-state index in [-0.39, 0.29) is 6.61 Å². The van der Waals surface area contributed by atoms with Crippen molar-refractivity contribution in [3.8, 4) is 0 Å². The van der Waals surface area contributed by atoms with Gasteiger partial charge >= 0.3 is 0 Å². The first-order valence-corrected chi connectivity index (χ1v) is 6.33. The van der Waals surface area contributed by atoms with Gasteiger partial charge in [0.05, 0.1) is 12.1 Å². The summed E-state index contributed by atoms with van der Waals surface area (Å²) in [4.78, 5) is 4.42. The number of anilines is 2. The van der Waals surface area contributed by atoms with E-state index in [1.165, 1.54) is 0 Å². The second-order valence-corrected chi connectivity index (χ2v) is 4.48. The molecule has 0 aliphatic carbocycles. The first kappa shape index (κ1) is 14.5. The van der Waals surface area contributed by atoms with Crippen molar-refractivity contribution in [3.63, 3.8) is 0 Å². The lowest BCUT2D eigenvalue weighted by Crippen LogP contribution is -2.13. The lowest BCUT2D eigenvalue weighted by Gasteiger charge is -2.11. The van der Waals surface area contributed by atoms with Gasteiger partial charge < -0.3 is 15.8 Å². The van der Waals surface area contributed by atoms with Gasteiger partial charge in [0.1, 0.15) is 6.61 Å². The molecule has 2 aromatic rings. The molecule has 1 aromatic heterocycles. The molecular formula is C14H17F2N3O. The van der Waals surface area contributed by atoms with Crippen molar-refractivity contribution in [1.29, 1.82) is 0 Å². The van der Waals surface area contributed by atoms with Crippen LogP contribution in [-0.2, 0) is 4.74 Å². The number of halogens is 2. The number of aromatic nitrogens is 1. The lowest BCUT2D eigenvalue weighted by molar-refractivity contribution is 0.0215. The average molecular weight is 281 g/mol. The van der Waals surface area contributed by atoms with Gasteiger partial charge in [0.15, 0.2) is 0 Å². The molecular weight excluding hydrogens is 264 g/mol. The molecule has 20 heavy (non-hydrogen) atoms. The van der Waals surface area contributed by atoms with Crippen LogP contribution in [0.5, 0.6) is 0 Å². The number of hydrogen-bond donors (Lipinski definition) is 2. The molecule has 0 saturated heterocycles. The highest BCUT2D eigenvalue weighted by molar-refractivity contribution is 5.93. The lowest BCUT2D eigenvalue weighted by atomic mass is 10.1. The molecule has 0 spiro atoms. The van der Waals surface area contributed by atoms with Crippen LogP contribution in [-0.4, -0.2) is 31.2 Å². The molecule has 0 fully saturated rings. The van der Waals surface area contributed by atoms with E-state index in [1.54, 1.807) is 6.07 Å². The highest BCUT2D eigenvalue weighted by Crippen LogP contribution is 2.25. The monoisotopic (exact) mass is 281 g/mol. The Morgan fingerprint density at radius 2 is 2.15 bits per heavy atom. The Balaban J connectivity index is 2.07. The van der Waals surface area contributed by atoms with E-state index >= 15 is 0 Å². The smallest absolute Gasteiger partial charge is 0.261 e. The third-order valence-electron chi connectivity index (χ3n) is 2.77. The van der Waals surface area contributed by atoms with Crippen molar-refractivity contribution < 1.29 is 13.5 Å². The van der Waals surface area contributed by atoms with E-state index in [0.717, 1.165) is 22.3 Å². The van der Waals surface area contributed by atoms with Crippen LogP contribution >= 0.6 is 0 Å². The van der Waals surface area contributed by atoms with Crippen molar-refractivity contribution in [3.05, 3.63) is 30.0 Å². The molecule has 1 heterocycles. The summed E-state index contributed by atoms with van der Waals surface area (Å²) in [5.74, 6) is 0. The highest BCUT2D eigenvalue weighted by atomic mass is 19.3. The molecule has 0 atom stereocenters. The van der Waals surface area contributed by atoms with Crippen LogP contribution in [0.4, 0.5) is 20.2 Å². The third-order valence-corrected chi connectivity index (χ3v) is 2.77. The number of nitrogens with zero attached hydrogens (tertiary/aromatic N) is 1. The summed E-state index contributed by atoms with van der Waals surface area (Å²) in [7, 11) is 0. The Morgan fingerprint density at radius 1 is 1.35 bits per heavy atom. The SMILES string of the molecule is Cc1cc(NCCOCC(F)F)c2cc(N)ccc2n1. The Bertz CT molecular complexity index is 590. The first-order valence-electron chi connectivity index (χ1n) is 6.33. The zero-order valence-electron chi connectivity index (χ0n) is 11.2. The quantitative estimate of drug-likeness (QED) is 0.631. The number of nitrogens with two attached hydrogens (primary N) is 1. The zero-order valence-corrected chi connectivity index (χ0v) is 11.2. The minimum atomic E-state index is -2.43. The number of ether oxygens (including phenoxy) is 1. The molecule has 0 unspecified atom stereocenters. The standard InChI is InChI=1S/C14H17F2N3O/c1-9-6-13(18-4-5-20-8-14(15)16)11-7-10(17)2-3-12(11)19-9/h2-3,6-7,14H,4-5,8,17H2,1H3,(H,18,19). The molecule has 0 aliphatic heterocycles. The van der Waals surface area contributed by atoms with Gasteiger partial charge in [-0.3, -0.25) is 4.98 Å². The maximum absolute atomic E-state index is 11.9. The molecule has 6 heteroatoms. The number of fused-ring (bicyclic) bond motifs is 1. The summed E-state index contributed by atoms with van der Waals surface area (Å²) in [5.41, 5.74) is 9.02. The first-order chi connectivity index (χ1) is 9.56. The van der Waals surface area contributed by atoms with Crippen molar-refractivity contribution in [2.75, 3.05) is 30.8 Å². The van der Waals surface area contributed by atoms with Gasteiger partial charge in [0, 0.05) is 29.0 Å². The van der Waals surface area contributed by atoms with E-state index in [1.807, 2.05) is 25.1 Å². The summed E-state index contributed by atoms with van der Waals surface area (Å²) < 4.78 is 28.7. The highest BCUT2D eigenvalue weighted by Gasteiger charge is 2.05. The van der Waals surface area contributed by atoms with Crippen LogP contribution in [0, 0.1) is 6.92 Å².